The van der Waals surface area contributed by atoms with Crippen LogP contribution in [0.25, 0.3) is 0 Å². The Bertz CT molecular complexity index is 804. The fraction of sp³-hybridized carbons (Fsp3) is 0.632. The zero-order valence-electron chi connectivity index (χ0n) is 13.8. The van der Waals surface area contributed by atoms with Gasteiger partial charge in [-0.25, -0.2) is 0 Å². The Labute approximate surface area is 135 Å². The molecule has 1 aromatic rings. The lowest BCUT2D eigenvalue weighted by atomic mass is 9.28. The first-order chi connectivity index (χ1) is 11.0. The Morgan fingerprint density at radius 2 is 2.22 bits per heavy atom. The first-order valence-corrected chi connectivity index (χ1v) is 8.64. The van der Waals surface area contributed by atoms with Crippen LogP contribution in [0.3, 0.4) is 0 Å². The fourth-order valence-electron chi connectivity index (χ4n) is 7.33. The SMILES string of the molecule is COc1ccc2c3c1O[C@H]1C(=O)CCC45C[C@]31[C@]4(C)[C@@H](C2)N5C. The van der Waals surface area contributed by atoms with Crippen molar-refractivity contribution in [1.29, 1.82) is 0 Å². The highest BCUT2D eigenvalue weighted by molar-refractivity contribution is 5.90. The maximum absolute atomic E-state index is 12.9. The number of piperidine rings is 1. The van der Waals surface area contributed by atoms with Gasteiger partial charge >= 0.3 is 0 Å². The second-order valence-electron chi connectivity index (χ2n) is 8.31. The third-order valence-electron chi connectivity index (χ3n) is 8.32. The number of ether oxygens (including phenoxy) is 2. The Hall–Kier alpha value is -1.55. The predicted octanol–water partition coefficient (Wildman–Crippen LogP) is 2.08. The first-order valence-electron chi connectivity index (χ1n) is 8.64. The summed E-state index contributed by atoms with van der Waals surface area (Å²) in [6.45, 7) is 2.42. The van der Waals surface area contributed by atoms with E-state index in [1.54, 1.807) is 7.11 Å². The number of ketones is 1. The summed E-state index contributed by atoms with van der Waals surface area (Å²) in [5.41, 5.74) is 2.92. The van der Waals surface area contributed by atoms with Crippen LogP contribution >= 0.6 is 0 Å². The molecule has 0 aromatic heterocycles. The van der Waals surface area contributed by atoms with Crippen molar-refractivity contribution >= 4 is 5.78 Å². The number of methoxy groups -OCH3 is 1. The summed E-state index contributed by atoms with van der Waals surface area (Å²) in [5.74, 6) is 1.93. The predicted molar refractivity (Wildman–Crippen MR) is 84.0 cm³/mol. The molecule has 4 nitrogen and oxygen atoms in total. The lowest BCUT2D eigenvalue weighted by Gasteiger charge is -2.85. The lowest BCUT2D eigenvalue weighted by Crippen LogP contribution is -2.93. The van der Waals surface area contributed by atoms with Crippen LogP contribution in [0.1, 0.15) is 37.3 Å². The molecule has 4 aliphatic carbocycles. The molecule has 3 saturated carbocycles. The molecule has 120 valence electrons. The minimum absolute atomic E-state index is 0.116. The van der Waals surface area contributed by atoms with Gasteiger partial charge in [0.1, 0.15) is 0 Å². The van der Waals surface area contributed by atoms with Crippen molar-refractivity contribution in [3.63, 3.8) is 0 Å². The number of nitrogens with zero attached hydrogens (tertiary/aromatic N) is 1. The molecule has 1 aromatic carbocycles. The molecule has 1 saturated heterocycles. The molecule has 2 aliphatic heterocycles. The van der Waals surface area contributed by atoms with Gasteiger partial charge in [-0.2, -0.15) is 0 Å². The van der Waals surface area contributed by atoms with Gasteiger partial charge in [-0.05, 0) is 37.9 Å². The van der Waals surface area contributed by atoms with E-state index < -0.39 is 0 Å². The van der Waals surface area contributed by atoms with Crippen molar-refractivity contribution in [2.75, 3.05) is 14.2 Å². The number of carbonyl (C=O) groups excluding carboxylic acids is 1. The Balaban J connectivity index is 1.71. The van der Waals surface area contributed by atoms with Gasteiger partial charge in [0.15, 0.2) is 23.4 Å². The Morgan fingerprint density at radius 3 is 3.00 bits per heavy atom. The highest BCUT2D eigenvalue weighted by Gasteiger charge is 2.89. The molecule has 23 heavy (non-hydrogen) atoms. The van der Waals surface area contributed by atoms with Gasteiger partial charge in [-0.3, -0.25) is 9.69 Å². The van der Waals surface area contributed by atoms with Gasteiger partial charge in [0, 0.05) is 29.0 Å². The van der Waals surface area contributed by atoms with E-state index in [1.807, 2.05) is 6.07 Å². The number of Topliss-reactive ketones (excluding diaryl/α,β-unsaturated/α-hetero) is 1. The average Bonchev–Trinajstić information content (AvgIpc) is 2.81. The summed E-state index contributed by atoms with van der Waals surface area (Å²) < 4.78 is 11.9. The van der Waals surface area contributed by atoms with Crippen LogP contribution in [-0.2, 0) is 16.6 Å². The van der Waals surface area contributed by atoms with Crippen molar-refractivity contribution < 1.29 is 14.3 Å². The summed E-state index contributed by atoms with van der Waals surface area (Å²) in [4.78, 5) is 15.5. The summed E-state index contributed by atoms with van der Waals surface area (Å²) in [6.07, 6.45) is 3.46. The number of likely N-dealkylation sites (N-methyl/N-ethyl adjacent to an activating group) is 1. The van der Waals surface area contributed by atoms with Gasteiger partial charge in [-0.1, -0.05) is 13.0 Å². The Morgan fingerprint density at radius 1 is 1.39 bits per heavy atom. The van der Waals surface area contributed by atoms with Crippen LogP contribution in [-0.4, -0.2) is 42.5 Å². The van der Waals surface area contributed by atoms with Crippen LogP contribution in [0.5, 0.6) is 11.5 Å². The van der Waals surface area contributed by atoms with Crippen molar-refractivity contribution in [1.82, 2.24) is 4.90 Å². The molecule has 2 spiro atoms. The Kier molecular flexibility index (Phi) is 1.84. The van der Waals surface area contributed by atoms with E-state index in [2.05, 4.69) is 24.9 Å². The van der Waals surface area contributed by atoms with Crippen molar-refractivity contribution in [2.24, 2.45) is 5.41 Å². The van der Waals surface area contributed by atoms with Gasteiger partial charge in [0.2, 0.25) is 0 Å². The largest absolute Gasteiger partial charge is 0.493 e. The molecule has 4 fully saturated rings. The second-order valence-corrected chi connectivity index (χ2v) is 8.31. The third-order valence-corrected chi connectivity index (χ3v) is 8.32. The molecular weight excluding hydrogens is 290 g/mol. The number of hydrogen-bond acceptors (Lipinski definition) is 4. The smallest absolute Gasteiger partial charge is 0.174 e. The van der Waals surface area contributed by atoms with Gasteiger partial charge in [0.05, 0.1) is 12.5 Å². The van der Waals surface area contributed by atoms with Crippen molar-refractivity contribution in [3.8, 4) is 11.5 Å². The van der Waals surface area contributed by atoms with Crippen molar-refractivity contribution in [3.05, 3.63) is 23.3 Å². The first kappa shape index (κ1) is 12.8. The highest BCUT2D eigenvalue weighted by Crippen LogP contribution is 2.83. The highest BCUT2D eigenvalue weighted by atomic mass is 16.5. The zero-order valence-corrected chi connectivity index (χ0v) is 13.8. The van der Waals surface area contributed by atoms with E-state index in [-0.39, 0.29) is 28.3 Å². The molecule has 4 heteroatoms. The van der Waals surface area contributed by atoms with E-state index in [4.69, 9.17) is 9.47 Å². The minimum Gasteiger partial charge on any atom is -0.493 e. The van der Waals surface area contributed by atoms with E-state index in [9.17, 15) is 4.79 Å². The maximum atomic E-state index is 12.9. The fourth-order valence-corrected chi connectivity index (χ4v) is 7.33. The topological polar surface area (TPSA) is 38.8 Å². The number of hydrogen-bond donors (Lipinski definition) is 0. The average molecular weight is 311 g/mol. The molecule has 7 rings (SSSR count). The van der Waals surface area contributed by atoms with Crippen LogP contribution in [0.4, 0.5) is 0 Å². The second kappa shape index (κ2) is 3.30. The molecule has 6 aliphatic rings. The monoisotopic (exact) mass is 311 g/mol. The quantitative estimate of drug-likeness (QED) is 0.796. The number of carbonyl (C=O) groups is 1. The summed E-state index contributed by atoms with van der Waals surface area (Å²) in [5, 5.41) is 0. The number of fused-ring (bicyclic) bond motifs is 2. The molecular formula is C19H21NO3. The summed E-state index contributed by atoms with van der Waals surface area (Å²) in [7, 11) is 3.94. The summed E-state index contributed by atoms with van der Waals surface area (Å²) in [6, 6.07) is 4.73. The number of benzene rings is 1. The molecule has 1 unspecified atom stereocenters. The van der Waals surface area contributed by atoms with Crippen LogP contribution in [0, 0.1) is 5.41 Å². The summed E-state index contributed by atoms with van der Waals surface area (Å²) >= 11 is 0. The molecule has 0 radical (unpaired) electrons. The van der Waals surface area contributed by atoms with Gasteiger partial charge in [0.25, 0.3) is 0 Å². The standard InChI is InChI=1S/C19H21NO3/c1-17-13-8-10-4-5-12(22-3)15-14(10)19(17)9-18(17,20(13)2)7-6-11(21)16(19)23-15/h4-5,13,16H,6-9H2,1-3H3/t13-,16+,17-,18?,19+/m1/s1. The van der Waals surface area contributed by atoms with Crippen LogP contribution in [0.15, 0.2) is 12.1 Å². The lowest BCUT2D eigenvalue weighted by molar-refractivity contribution is -0.323. The van der Waals surface area contributed by atoms with Crippen molar-refractivity contribution in [2.45, 2.75) is 55.7 Å². The van der Waals surface area contributed by atoms with Crippen LogP contribution in [0.2, 0.25) is 0 Å². The minimum atomic E-state index is -0.301. The van der Waals surface area contributed by atoms with E-state index in [1.165, 1.54) is 11.1 Å². The molecule has 0 amide bonds. The number of rotatable bonds is 1. The van der Waals surface area contributed by atoms with Gasteiger partial charge < -0.3 is 9.47 Å². The molecule has 0 N–H and O–H groups in total. The zero-order chi connectivity index (χ0) is 15.8. The number of likely N-dealkylation sites (tertiary alicyclic amines) is 1. The van der Waals surface area contributed by atoms with Crippen LogP contribution < -0.4 is 9.47 Å². The molecule has 5 atom stereocenters. The van der Waals surface area contributed by atoms with Gasteiger partial charge in [-0.15, -0.1) is 0 Å². The molecule has 2 bridgehead atoms. The van der Waals surface area contributed by atoms with E-state index in [0.29, 0.717) is 12.5 Å². The third kappa shape index (κ3) is 0.910. The van der Waals surface area contributed by atoms with E-state index in [0.717, 1.165) is 30.8 Å². The van der Waals surface area contributed by atoms with E-state index >= 15 is 0 Å². The molecule has 2 heterocycles. The normalized spacial score (nSPS) is 47.9. The maximum Gasteiger partial charge on any atom is 0.174 e.